The van der Waals surface area contributed by atoms with Crippen molar-refractivity contribution in [2.75, 3.05) is 5.32 Å². The van der Waals surface area contributed by atoms with E-state index in [2.05, 4.69) is 15.5 Å². The highest BCUT2D eigenvalue weighted by molar-refractivity contribution is 5.60. The maximum Gasteiger partial charge on any atom is 0.416 e. The summed E-state index contributed by atoms with van der Waals surface area (Å²) < 4.78 is 37.8. The molecule has 0 unspecified atom stereocenters. The van der Waals surface area contributed by atoms with Crippen molar-refractivity contribution in [3.05, 3.63) is 41.6 Å². The second-order valence-corrected chi connectivity index (χ2v) is 3.49. The van der Waals surface area contributed by atoms with Gasteiger partial charge >= 0.3 is 6.18 Å². The lowest BCUT2D eigenvalue weighted by Crippen LogP contribution is -2.06. The number of H-pyrrole nitrogens is 1. The molecule has 0 aliphatic carbocycles. The van der Waals surface area contributed by atoms with E-state index in [1.165, 1.54) is 12.3 Å². The molecule has 0 amide bonds. The Bertz CT molecular complexity index is 581. The first-order valence-corrected chi connectivity index (χ1v) is 4.88. The molecule has 0 fully saturated rings. The third kappa shape index (κ3) is 2.60. The lowest BCUT2D eigenvalue weighted by Gasteiger charge is -2.10. The molecule has 2 rings (SSSR count). The molecule has 1 heterocycles. The summed E-state index contributed by atoms with van der Waals surface area (Å²) in [6.07, 6.45) is -2.96. The summed E-state index contributed by atoms with van der Waals surface area (Å²) in [7, 11) is 0. The summed E-state index contributed by atoms with van der Waals surface area (Å²) in [5, 5.41) is 17.7. The predicted octanol–water partition coefficient (Wildman–Crippen LogP) is 3.04. The van der Waals surface area contributed by atoms with Crippen LogP contribution in [-0.4, -0.2) is 10.2 Å². The van der Waals surface area contributed by atoms with Crippen LogP contribution in [0.25, 0.3) is 0 Å². The smallest absolute Gasteiger partial charge is 0.339 e. The van der Waals surface area contributed by atoms with Gasteiger partial charge in [-0.2, -0.15) is 23.5 Å². The van der Waals surface area contributed by atoms with Crippen molar-refractivity contribution in [1.29, 1.82) is 5.26 Å². The summed E-state index contributed by atoms with van der Waals surface area (Å²) >= 11 is 0. The number of rotatable bonds is 2. The van der Waals surface area contributed by atoms with E-state index in [9.17, 15) is 13.2 Å². The SMILES string of the molecule is N#Cc1cc(Nc2cc[nH]n2)cc(C(F)(F)F)c1. The minimum absolute atomic E-state index is 0.0668. The largest absolute Gasteiger partial charge is 0.416 e. The fourth-order valence-electron chi connectivity index (χ4n) is 1.41. The molecule has 0 radical (unpaired) electrons. The van der Waals surface area contributed by atoms with Gasteiger partial charge in [0.1, 0.15) is 0 Å². The number of halogens is 3. The molecule has 1 aromatic carbocycles. The molecule has 0 spiro atoms. The molecule has 0 aliphatic heterocycles. The number of aromatic nitrogens is 2. The average Bonchev–Trinajstić information content (AvgIpc) is 2.80. The standard InChI is InChI=1S/C11H7F3N4/c12-11(13,14)8-3-7(6-15)4-9(5-8)17-10-1-2-16-18-10/h1-5H,(H2,16,17,18). The van der Waals surface area contributed by atoms with Gasteiger partial charge in [-0.15, -0.1) is 0 Å². The molecular formula is C11H7F3N4. The number of nitrogens with zero attached hydrogens (tertiary/aromatic N) is 2. The van der Waals surface area contributed by atoms with Crippen LogP contribution in [0.5, 0.6) is 0 Å². The highest BCUT2D eigenvalue weighted by Crippen LogP contribution is 2.32. The zero-order valence-electron chi connectivity index (χ0n) is 8.92. The molecule has 0 bridgehead atoms. The van der Waals surface area contributed by atoms with Crippen LogP contribution in [0.2, 0.25) is 0 Å². The molecule has 18 heavy (non-hydrogen) atoms. The fraction of sp³-hybridized carbons (Fsp3) is 0.0909. The Hall–Kier alpha value is -2.49. The van der Waals surface area contributed by atoms with Crippen LogP contribution in [0.1, 0.15) is 11.1 Å². The Morgan fingerprint density at radius 3 is 2.61 bits per heavy atom. The lowest BCUT2D eigenvalue weighted by atomic mass is 10.1. The summed E-state index contributed by atoms with van der Waals surface area (Å²) in [6, 6.07) is 6.30. The average molecular weight is 252 g/mol. The van der Waals surface area contributed by atoms with Crippen LogP contribution in [-0.2, 0) is 6.18 Å². The Balaban J connectivity index is 2.39. The predicted molar refractivity (Wildman–Crippen MR) is 58.0 cm³/mol. The minimum atomic E-state index is -4.49. The number of hydrogen-bond acceptors (Lipinski definition) is 3. The van der Waals surface area contributed by atoms with Gasteiger partial charge in [0, 0.05) is 18.0 Å². The van der Waals surface area contributed by atoms with Gasteiger partial charge in [-0.25, -0.2) is 0 Å². The first kappa shape index (κ1) is 12.0. The lowest BCUT2D eigenvalue weighted by molar-refractivity contribution is -0.137. The summed E-state index contributed by atoms with van der Waals surface area (Å²) in [5.41, 5.74) is -0.782. The number of nitriles is 1. The van der Waals surface area contributed by atoms with Crippen LogP contribution < -0.4 is 5.32 Å². The van der Waals surface area contributed by atoms with Gasteiger partial charge in [0.2, 0.25) is 0 Å². The molecule has 2 aromatic rings. The number of benzene rings is 1. The molecule has 92 valence electrons. The zero-order chi connectivity index (χ0) is 13.2. The van der Waals surface area contributed by atoms with E-state index in [-0.39, 0.29) is 11.3 Å². The molecule has 7 heteroatoms. The highest BCUT2D eigenvalue weighted by Gasteiger charge is 2.31. The van der Waals surface area contributed by atoms with Gasteiger partial charge < -0.3 is 5.32 Å². The van der Waals surface area contributed by atoms with Crippen molar-refractivity contribution in [3.63, 3.8) is 0 Å². The van der Waals surface area contributed by atoms with Crippen LogP contribution in [0.15, 0.2) is 30.5 Å². The first-order chi connectivity index (χ1) is 8.49. The Morgan fingerprint density at radius 1 is 1.28 bits per heavy atom. The number of aromatic amines is 1. The van der Waals surface area contributed by atoms with Crippen molar-refractivity contribution in [2.45, 2.75) is 6.18 Å². The number of alkyl halides is 3. The van der Waals surface area contributed by atoms with Gasteiger partial charge in [0.15, 0.2) is 5.82 Å². The number of hydrogen-bond donors (Lipinski definition) is 2. The maximum atomic E-state index is 12.6. The second-order valence-electron chi connectivity index (χ2n) is 3.49. The molecule has 2 N–H and O–H groups in total. The van der Waals surface area contributed by atoms with E-state index < -0.39 is 11.7 Å². The second kappa shape index (κ2) is 4.41. The van der Waals surface area contributed by atoms with Gasteiger partial charge in [0.25, 0.3) is 0 Å². The third-order valence-corrected chi connectivity index (χ3v) is 2.16. The summed E-state index contributed by atoms with van der Waals surface area (Å²) in [5.74, 6) is 0.373. The van der Waals surface area contributed by atoms with Gasteiger partial charge in [-0.1, -0.05) is 0 Å². The molecule has 0 aliphatic rings. The molecular weight excluding hydrogens is 245 g/mol. The topological polar surface area (TPSA) is 64.5 Å². The maximum absolute atomic E-state index is 12.6. The van der Waals surface area contributed by atoms with Crippen LogP contribution in [0, 0.1) is 11.3 Å². The minimum Gasteiger partial charge on any atom is -0.339 e. The van der Waals surface area contributed by atoms with Crippen molar-refractivity contribution < 1.29 is 13.2 Å². The molecule has 4 nitrogen and oxygen atoms in total. The molecule has 1 aromatic heterocycles. The van der Waals surface area contributed by atoms with Gasteiger partial charge in [0.05, 0.1) is 17.2 Å². The first-order valence-electron chi connectivity index (χ1n) is 4.88. The Morgan fingerprint density at radius 2 is 2.06 bits per heavy atom. The highest BCUT2D eigenvalue weighted by atomic mass is 19.4. The van der Waals surface area contributed by atoms with E-state index in [0.717, 1.165) is 12.1 Å². The molecule has 0 atom stereocenters. The van der Waals surface area contributed by atoms with E-state index >= 15 is 0 Å². The van der Waals surface area contributed by atoms with E-state index in [4.69, 9.17) is 5.26 Å². The van der Waals surface area contributed by atoms with Crippen molar-refractivity contribution in [2.24, 2.45) is 0 Å². The number of anilines is 2. The fourth-order valence-corrected chi connectivity index (χ4v) is 1.41. The molecule has 0 saturated heterocycles. The zero-order valence-corrected chi connectivity index (χ0v) is 8.92. The normalized spacial score (nSPS) is 11.0. The molecule has 0 saturated carbocycles. The monoisotopic (exact) mass is 252 g/mol. The van der Waals surface area contributed by atoms with Crippen molar-refractivity contribution >= 4 is 11.5 Å². The summed E-state index contributed by atoms with van der Waals surface area (Å²) in [6.45, 7) is 0. The summed E-state index contributed by atoms with van der Waals surface area (Å²) in [4.78, 5) is 0. The van der Waals surface area contributed by atoms with Gasteiger partial charge in [-0.3, -0.25) is 5.10 Å². The quantitative estimate of drug-likeness (QED) is 0.863. The van der Waals surface area contributed by atoms with E-state index in [1.807, 2.05) is 0 Å². The van der Waals surface area contributed by atoms with Crippen molar-refractivity contribution in [3.8, 4) is 6.07 Å². The van der Waals surface area contributed by atoms with E-state index in [1.54, 1.807) is 12.1 Å². The van der Waals surface area contributed by atoms with Crippen molar-refractivity contribution in [1.82, 2.24) is 10.2 Å². The number of nitrogens with one attached hydrogen (secondary N) is 2. The Kier molecular flexibility index (Phi) is 2.93. The van der Waals surface area contributed by atoms with Crippen LogP contribution in [0.4, 0.5) is 24.7 Å². The van der Waals surface area contributed by atoms with E-state index in [0.29, 0.717) is 5.82 Å². The third-order valence-electron chi connectivity index (χ3n) is 2.16. The van der Waals surface area contributed by atoms with Gasteiger partial charge in [-0.05, 0) is 18.2 Å². The van der Waals surface area contributed by atoms with Crippen LogP contribution >= 0.6 is 0 Å². The Labute approximate surface area is 100 Å². The van der Waals surface area contributed by atoms with Crippen LogP contribution in [0.3, 0.4) is 0 Å².